The zero-order valence-corrected chi connectivity index (χ0v) is 19.9. The summed E-state index contributed by atoms with van der Waals surface area (Å²) in [6, 6.07) is 0. The van der Waals surface area contributed by atoms with E-state index in [1.54, 1.807) is 19.9 Å². The maximum Gasteiger partial charge on any atom is 0.308 e. The number of ether oxygens (including phenoxy) is 1. The van der Waals surface area contributed by atoms with Crippen molar-refractivity contribution in [3.05, 3.63) is 46.5 Å². The molecule has 1 aliphatic carbocycles. The van der Waals surface area contributed by atoms with Crippen LogP contribution in [0.25, 0.3) is 0 Å². The van der Waals surface area contributed by atoms with Crippen LogP contribution in [0.1, 0.15) is 66.2 Å². The predicted molar refractivity (Wildman–Crippen MR) is 124 cm³/mol. The van der Waals surface area contributed by atoms with Crippen LogP contribution in [0.4, 0.5) is 0 Å². The molecule has 0 aromatic heterocycles. The number of carbonyl (C=O) groups is 2. The van der Waals surface area contributed by atoms with E-state index in [0.29, 0.717) is 11.3 Å². The Morgan fingerprint density at radius 3 is 2.00 bits per heavy atom. The molecule has 1 fully saturated rings. The largest absolute Gasteiger partial charge is 0.469 e. The van der Waals surface area contributed by atoms with Gasteiger partial charge in [0, 0.05) is 25.5 Å². The van der Waals surface area contributed by atoms with Gasteiger partial charge in [-0.3, -0.25) is 9.59 Å². The van der Waals surface area contributed by atoms with Gasteiger partial charge in [-0.15, -0.1) is 0 Å². The number of likely N-dealkylation sites (N-methyl/N-ethyl adjacent to an activating group) is 1. The Balaban J connectivity index is 0.000000696. The summed E-state index contributed by atoms with van der Waals surface area (Å²) in [5.74, 6) is -0.0325. The zero-order chi connectivity index (χ0) is 23.3. The number of rotatable bonds is 7. The lowest BCUT2D eigenvalue weighted by molar-refractivity contribution is -0.146. The predicted octanol–water partition coefficient (Wildman–Crippen LogP) is 4.19. The lowest BCUT2D eigenvalue weighted by Crippen LogP contribution is -2.18. The SMILES string of the molecule is CC/C=C(C)/C(=C\C=C(/C)C(=O)/C(N)=C(/C)N)N(C)C.COC(=O)C1CCCCC1. The molecule has 0 spiro atoms. The zero-order valence-electron chi connectivity index (χ0n) is 19.9. The fourth-order valence-corrected chi connectivity index (χ4v) is 3.22. The van der Waals surface area contributed by atoms with Crippen molar-refractivity contribution in [2.45, 2.75) is 66.2 Å². The number of Topliss-reactive ketones (excluding diaryl/α,β-unsaturated/α-hetero) is 1. The average molecular weight is 420 g/mol. The molecule has 0 aromatic carbocycles. The summed E-state index contributed by atoms with van der Waals surface area (Å²) in [7, 11) is 5.42. The highest BCUT2D eigenvalue weighted by Gasteiger charge is 2.20. The van der Waals surface area contributed by atoms with E-state index in [9.17, 15) is 9.59 Å². The number of hydrogen-bond donors (Lipinski definition) is 2. The molecular formula is C24H41N3O3. The minimum absolute atomic E-state index is 0.0142. The Morgan fingerprint density at radius 1 is 1.00 bits per heavy atom. The molecule has 0 unspecified atom stereocenters. The molecule has 0 bridgehead atoms. The van der Waals surface area contributed by atoms with E-state index < -0.39 is 0 Å². The first-order valence-electron chi connectivity index (χ1n) is 10.6. The van der Waals surface area contributed by atoms with Crippen LogP contribution in [-0.4, -0.2) is 37.9 Å². The summed E-state index contributed by atoms with van der Waals surface area (Å²) >= 11 is 0. The molecule has 6 nitrogen and oxygen atoms in total. The standard InChI is InChI=1S/C16H27N3O.C8H14O2/c1-7-8-11(2)14(19(5)6)10-9-12(3)16(20)15(18)13(4)17;1-10-8(9)7-5-3-2-4-6-7/h8-10H,7,17-18H2,1-6H3;7H,2-6H2,1H3/b11-8+,12-9+,14-10+,15-13+;. The number of esters is 1. The van der Waals surface area contributed by atoms with Gasteiger partial charge < -0.3 is 21.1 Å². The first-order chi connectivity index (χ1) is 14.1. The van der Waals surface area contributed by atoms with Gasteiger partial charge in [-0.1, -0.05) is 38.3 Å². The number of methoxy groups -OCH3 is 1. The van der Waals surface area contributed by atoms with Gasteiger partial charge in [-0.2, -0.15) is 0 Å². The summed E-state index contributed by atoms with van der Waals surface area (Å²) < 4.78 is 4.65. The van der Waals surface area contributed by atoms with Gasteiger partial charge >= 0.3 is 5.97 Å². The summed E-state index contributed by atoms with van der Waals surface area (Å²) in [6.07, 6.45) is 12.6. The third-order valence-corrected chi connectivity index (χ3v) is 5.05. The number of nitrogens with two attached hydrogens (primary N) is 2. The van der Waals surface area contributed by atoms with Crippen LogP contribution in [0.15, 0.2) is 46.5 Å². The molecule has 4 N–H and O–H groups in total. The fourth-order valence-electron chi connectivity index (χ4n) is 3.22. The normalized spacial score (nSPS) is 16.8. The number of nitrogens with zero attached hydrogens (tertiary/aromatic N) is 1. The van der Waals surface area contributed by atoms with Crippen molar-refractivity contribution in [2.24, 2.45) is 17.4 Å². The van der Waals surface area contributed by atoms with Crippen LogP contribution in [0.2, 0.25) is 0 Å². The summed E-state index contributed by atoms with van der Waals surface area (Å²) in [5, 5.41) is 0. The Labute approximate surface area is 182 Å². The van der Waals surface area contributed by atoms with E-state index in [4.69, 9.17) is 11.5 Å². The number of carbonyl (C=O) groups excluding carboxylic acids is 2. The van der Waals surface area contributed by atoms with E-state index >= 15 is 0 Å². The molecule has 30 heavy (non-hydrogen) atoms. The third-order valence-electron chi connectivity index (χ3n) is 5.05. The highest BCUT2D eigenvalue weighted by molar-refractivity contribution is 6.07. The molecule has 1 rings (SSSR count). The van der Waals surface area contributed by atoms with E-state index in [1.807, 2.05) is 25.1 Å². The van der Waals surface area contributed by atoms with Gasteiger partial charge in [0.25, 0.3) is 0 Å². The van der Waals surface area contributed by atoms with Gasteiger partial charge in [0.2, 0.25) is 5.78 Å². The third kappa shape index (κ3) is 9.81. The lowest BCUT2D eigenvalue weighted by Gasteiger charge is -2.18. The van der Waals surface area contributed by atoms with Crippen LogP contribution in [0, 0.1) is 5.92 Å². The quantitative estimate of drug-likeness (QED) is 0.365. The number of hydrogen-bond acceptors (Lipinski definition) is 6. The van der Waals surface area contributed by atoms with E-state index in [-0.39, 0.29) is 23.4 Å². The van der Waals surface area contributed by atoms with Crippen LogP contribution >= 0.6 is 0 Å². The first kappa shape index (κ1) is 27.5. The minimum atomic E-state index is -0.225. The van der Waals surface area contributed by atoms with Crippen molar-refractivity contribution in [1.29, 1.82) is 0 Å². The van der Waals surface area contributed by atoms with Crippen molar-refractivity contribution < 1.29 is 14.3 Å². The van der Waals surface area contributed by atoms with Crippen molar-refractivity contribution in [3.8, 4) is 0 Å². The topological polar surface area (TPSA) is 98.7 Å². The molecule has 170 valence electrons. The Hall–Kier alpha value is -2.50. The highest BCUT2D eigenvalue weighted by atomic mass is 16.5. The van der Waals surface area contributed by atoms with Crippen molar-refractivity contribution >= 4 is 11.8 Å². The lowest BCUT2D eigenvalue weighted by atomic mass is 9.89. The maximum absolute atomic E-state index is 12.0. The molecule has 1 saturated carbocycles. The van der Waals surface area contributed by atoms with Gasteiger partial charge in [0.15, 0.2) is 0 Å². The van der Waals surface area contributed by atoms with E-state index in [2.05, 4.69) is 24.7 Å². The number of ketones is 1. The molecular weight excluding hydrogens is 378 g/mol. The monoisotopic (exact) mass is 419 g/mol. The summed E-state index contributed by atoms with van der Waals surface area (Å²) in [4.78, 5) is 24.9. The van der Waals surface area contributed by atoms with Crippen LogP contribution in [-0.2, 0) is 14.3 Å². The smallest absolute Gasteiger partial charge is 0.308 e. The molecule has 0 saturated heterocycles. The fraction of sp³-hybridized carbons (Fsp3) is 0.583. The molecule has 0 atom stereocenters. The highest BCUT2D eigenvalue weighted by Crippen LogP contribution is 2.24. The first-order valence-corrected chi connectivity index (χ1v) is 10.6. The molecule has 0 aliphatic heterocycles. The van der Waals surface area contributed by atoms with Crippen LogP contribution in [0.5, 0.6) is 0 Å². The Kier molecular flexibility index (Phi) is 13.3. The second-order valence-corrected chi connectivity index (χ2v) is 7.88. The molecule has 0 aromatic rings. The van der Waals surface area contributed by atoms with Crippen LogP contribution < -0.4 is 11.5 Å². The van der Waals surface area contributed by atoms with E-state index in [0.717, 1.165) is 25.0 Å². The Bertz CT molecular complexity index is 690. The average Bonchev–Trinajstić information content (AvgIpc) is 2.72. The molecule has 0 heterocycles. The van der Waals surface area contributed by atoms with Gasteiger partial charge in [0.05, 0.1) is 18.7 Å². The van der Waals surface area contributed by atoms with Crippen LogP contribution in [0.3, 0.4) is 0 Å². The molecule has 1 aliphatic rings. The Morgan fingerprint density at radius 2 is 1.57 bits per heavy atom. The molecule has 6 heteroatoms. The molecule has 0 amide bonds. The second kappa shape index (κ2) is 14.5. The minimum Gasteiger partial charge on any atom is -0.469 e. The van der Waals surface area contributed by atoms with Crippen molar-refractivity contribution in [1.82, 2.24) is 4.90 Å². The van der Waals surface area contributed by atoms with Gasteiger partial charge in [0.1, 0.15) is 0 Å². The van der Waals surface area contributed by atoms with Gasteiger partial charge in [-0.25, -0.2) is 0 Å². The summed E-state index contributed by atoms with van der Waals surface area (Å²) in [6.45, 7) is 7.51. The maximum atomic E-state index is 12.0. The summed E-state index contributed by atoms with van der Waals surface area (Å²) in [5.41, 5.74) is 14.5. The van der Waals surface area contributed by atoms with Crippen molar-refractivity contribution in [3.63, 3.8) is 0 Å². The van der Waals surface area contributed by atoms with Crippen molar-refractivity contribution in [2.75, 3.05) is 21.2 Å². The van der Waals surface area contributed by atoms with Gasteiger partial charge in [-0.05, 0) is 57.3 Å². The number of allylic oxidation sites excluding steroid dienone is 6. The second-order valence-electron chi connectivity index (χ2n) is 7.88. The molecule has 0 radical (unpaired) electrons. The van der Waals surface area contributed by atoms with E-state index in [1.165, 1.54) is 31.9 Å².